The van der Waals surface area contributed by atoms with E-state index >= 15 is 0 Å². The molecule has 1 fully saturated rings. The number of para-hydroxylation sites is 1. The maximum atomic E-state index is 12.7. The second-order valence-electron chi connectivity index (χ2n) is 6.12. The fraction of sp³-hybridized carbons (Fsp3) is 0.188. The summed E-state index contributed by atoms with van der Waals surface area (Å²) in [6, 6.07) is 13.6. The van der Waals surface area contributed by atoms with E-state index in [-0.39, 0.29) is 11.4 Å². The van der Waals surface area contributed by atoms with Gasteiger partial charge in [-0.2, -0.15) is 0 Å². The van der Waals surface area contributed by atoms with Crippen LogP contribution >= 0.6 is 0 Å². The average Bonchev–Trinajstić information content (AvgIpc) is 3.13. The molecule has 150 valence electrons. The standard InChI is InChI=1S/C16H19N5O5S2/c17-27(23,24)13-8-6-11(7-9-13)19-15(22)14-10-18-20-16(14)28(25,26)21-12-4-2-1-3-5-12/h1-9,14,16,18,20-21H,10H2,(H,19,22)(H2,17,23,24). The maximum absolute atomic E-state index is 12.7. The molecule has 12 heteroatoms. The van der Waals surface area contributed by atoms with E-state index in [0.29, 0.717) is 11.4 Å². The number of hydrazine groups is 1. The Hall–Kier alpha value is -2.51. The maximum Gasteiger partial charge on any atom is 0.250 e. The van der Waals surface area contributed by atoms with Crippen LogP contribution in [0.25, 0.3) is 0 Å². The first-order valence-corrected chi connectivity index (χ1v) is 11.2. The number of nitrogens with two attached hydrogens (primary N) is 1. The Labute approximate surface area is 162 Å². The van der Waals surface area contributed by atoms with E-state index in [1.807, 2.05) is 0 Å². The molecule has 0 spiro atoms. The highest BCUT2D eigenvalue weighted by Crippen LogP contribution is 2.20. The van der Waals surface area contributed by atoms with Gasteiger partial charge in [0, 0.05) is 17.9 Å². The highest BCUT2D eigenvalue weighted by molar-refractivity contribution is 7.93. The number of nitrogens with one attached hydrogen (secondary N) is 4. The van der Waals surface area contributed by atoms with Crippen LogP contribution in [0.2, 0.25) is 0 Å². The number of benzene rings is 2. The molecule has 28 heavy (non-hydrogen) atoms. The van der Waals surface area contributed by atoms with Crippen LogP contribution in [0.4, 0.5) is 11.4 Å². The summed E-state index contributed by atoms with van der Waals surface area (Å²) in [7, 11) is -7.75. The van der Waals surface area contributed by atoms with Crippen molar-refractivity contribution < 1.29 is 21.6 Å². The van der Waals surface area contributed by atoms with E-state index in [1.54, 1.807) is 30.3 Å². The predicted octanol–water partition coefficient (Wildman–Crippen LogP) is -0.235. The lowest BCUT2D eigenvalue weighted by Gasteiger charge is -2.19. The summed E-state index contributed by atoms with van der Waals surface area (Å²) >= 11 is 0. The molecule has 0 bridgehead atoms. The van der Waals surface area contributed by atoms with Crippen molar-refractivity contribution in [3.8, 4) is 0 Å². The highest BCUT2D eigenvalue weighted by atomic mass is 32.2. The Morgan fingerprint density at radius 2 is 1.61 bits per heavy atom. The first-order chi connectivity index (χ1) is 13.2. The third-order valence-electron chi connectivity index (χ3n) is 4.09. The molecule has 1 aliphatic heterocycles. The van der Waals surface area contributed by atoms with Crippen molar-refractivity contribution in [1.82, 2.24) is 10.9 Å². The fourth-order valence-corrected chi connectivity index (χ4v) is 4.70. The quantitative estimate of drug-likeness (QED) is 0.427. The minimum atomic E-state index is -3.91. The van der Waals surface area contributed by atoms with Gasteiger partial charge in [-0.05, 0) is 36.4 Å². The predicted molar refractivity (Wildman–Crippen MR) is 104 cm³/mol. The summed E-state index contributed by atoms with van der Waals surface area (Å²) < 4.78 is 50.3. The number of carbonyl (C=O) groups excluding carboxylic acids is 1. The van der Waals surface area contributed by atoms with Crippen LogP contribution in [0.1, 0.15) is 0 Å². The van der Waals surface area contributed by atoms with Gasteiger partial charge in [-0.25, -0.2) is 27.4 Å². The summed E-state index contributed by atoms with van der Waals surface area (Å²) in [5, 5.41) is 6.42. The molecule has 1 amide bonds. The summed E-state index contributed by atoms with van der Waals surface area (Å²) in [6.07, 6.45) is 0. The van der Waals surface area contributed by atoms with E-state index in [4.69, 9.17) is 5.14 Å². The second-order valence-corrected chi connectivity index (χ2v) is 9.49. The number of primary sulfonamides is 1. The van der Waals surface area contributed by atoms with Crippen molar-refractivity contribution in [1.29, 1.82) is 0 Å². The average molecular weight is 425 g/mol. The molecule has 0 radical (unpaired) electrons. The lowest BCUT2D eigenvalue weighted by atomic mass is 10.1. The molecule has 2 aromatic rings. The van der Waals surface area contributed by atoms with Crippen molar-refractivity contribution in [3.63, 3.8) is 0 Å². The van der Waals surface area contributed by atoms with E-state index in [9.17, 15) is 21.6 Å². The zero-order valence-electron chi connectivity index (χ0n) is 14.5. The number of hydrogen-bond acceptors (Lipinski definition) is 7. The molecular weight excluding hydrogens is 406 g/mol. The summed E-state index contributed by atoms with van der Waals surface area (Å²) in [5.74, 6) is -1.46. The summed E-state index contributed by atoms with van der Waals surface area (Å²) in [6.45, 7) is 0.0987. The van der Waals surface area contributed by atoms with Crippen LogP contribution < -0.4 is 26.0 Å². The van der Waals surface area contributed by atoms with Gasteiger partial charge in [-0.15, -0.1) is 0 Å². The number of carbonyl (C=O) groups is 1. The third-order valence-corrected chi connectivity index (χ3v) is 6.65. The largest absolute Gasteiger partial charge is 0.326 e. The monoisotopic (exact) mass is 425 g/mol. The molecule has 0 aliphatic carbocycles. The fourth-order valence-electron chi connectivity index (χ4n) is 2.70. The molecule has 2 unspecified atom stereocenters. The first-order valence-electron chi connectivity index (χ1n) is 8.15. The summed E-state index contributed by atoms with van der Waals surface area (Å²) in [4.78, 5) is 12.5. The first kappa shape index (κ1) is 20.2. The smallest absolute Gasteiger partial charge is 0.250 e. The Kier molecular flexibility index (Phi) is 5.67. The SMILES string of the molecule is NS(=O)(=O)c1ccc(NC(=O)C2CNNC2S(=O)(=O)Nc2ccccc2)cc1. The molecule has 10 nitrogen and oxygen atoms in total. The number of amides is 1. The second kappa shape index (κ2) is 7.85. The molecule has 0 aromatic heterocycles. The number of sulfonamides is 2. The number of anilines is 2. The van der Waals surface area contributed by atoms with E-state index in [1.165, 1.54) is 24.3 Å². The van der Waals surface area contributed by atoms with Crippen LogP contribution in [0.15, 0.2) is 59.5 Å². The number of hydrogen-bond donors (Lipinski definition) is 5. The molecule has 0 saturated carbocycles. The van der Waals surface area contributed by atoms with Gasteiger partial charge in [0.25, 0.3) is 10.0 Å². The van der Waals surface area contributed by atoms with Crippen molar-refractivity contribution in [2.24, 2.45) is 11.1 Å². The van der Waals surface area contributed by atoms with Crippen LogP contribution in [-0.4, -0.2) is 34.7 Å². The minimum Gasteiger partial charge on any atom is -0.326 e. The van der Waals surface area contributed by atoms with E-state index < -0.39 is 37.2 Å². The van der Waals surface area contributed by atoms with Gasteiger partial charge >= 0.3 is 0 Å². The van der Waals surface area contributed by atoms with E-state index in [0.717, 1.165) is 0 Å². The molecule has 2 aromatic carbocycles. The van der Waals surface area contributed by atoms with Crippen LogP contribution in [-0.2, 0) is 24.8 Å². The normalized spacial score (nSPS) is 19.9. The molecule has 1 heterocycles. The minimum absolute atomic E-state index is 0.0952. The van der Waals surface area contributed by atoms with Crippen LogP contribution in [0.3, 0.4) is 0 Å². The van der Waals surface area contributed by atoms with Crippen molar-refractivity contribution in [2.45, 2.75) is 10.3 Å². The Morgan fingerprint density at radius 3 is 2.21 bits per heavy atom. The van der Waals surface area contributed by atoms with Crippen molar-refractivity contribution in [2.75, 3.05) is 16.6 Å². The molecule has 2 atom stereocenters. The van der Waals surface area contributed by atoms with Crippen molar-refractivity contribution >= 4 is 37.3 Å². The molecule has 6 N–H and O–H groups in total. The van der Waals surface area contributed by atoms with E-state index in [2.05, 4.69) is 20.9 Å². The summed E-state index contributed by atoms with van der Waals surface area (Å²) in [5.41, 5.74) is 5.99. The van der Waals surface area contributed by atoms with Gasteiger partial charge < -0.3 is 5.32 Å². The van der Waals surface area contributed by atoms with Gasteiger partial charge in [0.15, 0.2) is 5.37 Å². The van der Waals surface area contributed by atoms with Gasteiger partial charge in [-0.1, -0.05) is 18.2 Å². The lowest BCUT2D eigenvalue weighted by molar-refractivity contribution is -0.119. The van der Waals surface area contributed by atoms with Crippen LogP contribution in [0.5, 0.6) is 0 Å². The molecular formula is C16H19N5O5S2. The molecule has 1 saturated heterocycles. The van der Waals surface area contributed by atoms with Gasteiger partial charge in [0.2, 0.25) is 15.9 Å². The lowest BCUT2D eigenvalue weighted by Crippen LogP contribution is -2.45. The third kappa shape index (κ3) is 4.66. The van der Waals surface area contributed by atoms with Crippen LogP contribution in [0, 0.1) is 5.92 Å². The Morgan fingerprint density at radius 1 is 0.964 bits per heavy atom. The molecule has 3 rings (SSSR count). The molecule has 1 aliphatic rings. The van der Waals surface area contributed by atoms with Crippen molar-refractivity contribution in [3.05, 3.63) is 54.6 Å². The Balaban J connectivity index is 1.72. The zero-order chi connectivity index (χ0) is 20.4. The highest BCUT2D eigenvalue weighted by Gasteiger charge is 2.41. The van der Waals surface area contributed by atoms with Gasteiger partial charge in [-0.3, -0.25) is 14.9 Å². The van der Waals surface area contributed by atoms with Gasteiger partial charge in [0.05, 0.1) is 10.8 Å². The van der Waals surface area contributed by atoms with Gasteiger partial charge in [0.1, 0.15) is 0 Å². The number of rotatable bonds is 6. The topological polar surface area (TPSA) is 159 Å². The zero-order valence-corrected chi connectivity index (χ0v) is 16.1. The Bertz CT molecular complexity index is 1060.